The predicted octanol–water partition coefficient (Wildman–Crippen LogP) is 2.14. The van der Waals surface area contributed by atoms with Gasteiger partial charge in [0.05, 0.1) is 0 Å². The third kappa shape index (κ3) is 4.51. The zero-order chi connectivity index (χ0) is 15.4. The first-order valence-electron chi connectivity index (χ1n) is 7.44. The van der Waals surface area contributed by atoms with E-state index in [2.05, 4.69) is 37.7 Å². The van der Waals surface area contributed by atoms with Crippen LogP contribution in [0.3, 0.4) is 0 Å². The van der Waals surface area contributed by atoms with Crippen molar-refractivity contribution in [1.82, 2.24) is 9.80 Å². The van der Waals surface area contributed by atoms with Crippen molar-refractivity contribution >= 4 is 0 Å². The molecule has 1 heterocycles. The Balaban J connectivity index is 2.08. The molecule has 0 saturated heterocycles. The lowest BCUT2D eigenvalue weighted by molar-refractivity contribution is 0.173. The number of hydrogen-bond donors (Lipinski definition) is 1. The number of aromatic hydroxyl groups is 1. The van der Waals surface area contributed by atoms with Crippen LogP contribution in [-0.2, 0) is 6.54 Å². The molecule has 5 nitrogen and oxygen atoms in total. The highest BCUT2D eigenvalue weighted by Gasteiger charge is 2.19. The number of phenols is 1. The number of likely N-dealkylation sites (N-methyl/N-ethyl adjacent to an activating group) is 1. The standard InChI is InChI=1S/C16H26N2O3/c1-12(2)9-18(6-5-17(3)4)10-13-7-15-16(8-14(13)19)21-11-20-15/h7-8,12,19H,5-6,9-11H2,1-4H3. The van der Waals surface area contributed by atoms with E-state index in [0.717, 1.165) is 30.9 Å². The van der Waals surface area contributed by atoms with Gasteiger partial charge in [-0.15, -0.1) is 0 Å². The second-order valence-electron chi connectivity index (χ2n) is 6.27. The van der Waals surface area contributed by atoms with Crippen LogP contribution in [0.25, 0.3) is 0 Å². The van der Waals surface area contributed by atoms with Crippen LogP contribution < -0.4 is 9.47 Å². The van der Waals surface area contributed by atoms with E-state index in [-0.39, 0.29) is 12.5 Å². The number of ether oxygens (including phenoxy) is 2. The molecule has 0 saturated carbocycles. The van der Waals surface area contributed by atoms with Crippen molar-refractivity contribution in [3.63, 3.8) is 0 Å². The highest BCUT2D eigenvalue weighted by Crippen LogP contribution is 2.38. The van der Waals surface area contributed by atoms with E-state index in [4.69, 9.17) is 9.47 Å². The Morgan fingerprint density at radius 2 is 1.81 bits per heavy atom. The fraction of sp³-hybridized carbons (Fsp3) is 0.625. The Bertz CT molecular complexity index is 475. The first kappa shape index (κ1) is 15.9. The maximum absolute atomic E-state index is 10.2. The zero-order valence-electron chi connectivity index (χ0n) is 13.4. The van der Waals surface area contributed by atoms with Crippen molar-refractivity contribution in [3.8, 4) is 17.2 Å². The zero-order valence-corrected chi connectivity index (χ0v) is 13.4. The van der Waals surface area contributed by atoms with Gasteiger partial charge in [0.15, 0.2) is 11.5 Å². The maximum atomic E-state index is 10.2. The van der Waals surface area contributed by atoms with Crippen LogP contribution in [-0.4, -0.2) is 55.4 Å². The molecule has 1 N–H and O–H groups in total. The average molecular weight is 294 g/mol. The summed E-state index contributed by atoms with van der Waals surface area (Å²) in [7, 11) is 4.15. The normalized spacial score (nSPS) is 13.7. The molecule has 21 heavy (non-hydrogen) atoms. The molecular weight excluding hydrogens is 268 g/mol. The predicted molar refractivity (Wildman–Crippen MR) is 82.9 cm³/mol. The van der Waals surface area contributed by atoms with Gasteiger partial charge in [-0.05, 0) is 26.1 Å². The van der Waals surface area contributed by atoms with Crippen molar-refractivity contribution in [1.29, 1.82) is 0 Å². The number of phenolic OH excluding ortho intramolecular Hbond substituents is 1. The average Bonchev–Trinajstić information content (AvgIpc) is 2.82. The van der Waals surface area contributed by atoms with Crippen LogP contribution in [0.2, 0.25) is 0 Å². The van der Waals surface area contributed by atoms with E-state index in [0.29, 0.717) is 18.2 Å². The second-order valence-corrected chi connectivity index (χ2v) is 6.27. The number of rotatable bonds is 7. The van der Waals surface area contributed by atoms with Crippen molar-refractivity contribution in [2.24, 2.45) is 5.92 Å². The number of nitrogens with zero attached hydrogens (tertiary/aromatic N) is 2. The smallest absolute Gasteiger partial charge is 0.231 e. The molecule has 0 radical (unpaired) electrons. The van der Waals surface area contributed by atoms with Gasteiger partial charge in [0.1, 0.15) is 5.75 Å². The lowest BCUT2D eigenvalue weighted by Gasteiger charge is -2.26. The summed E-state index contributed by atoms with van der Waals surface area (Å²) in [6.45, 7) is 8.34. The SMILES string of the molecule is CC(C)CN(CCN(C)C)Cc1cc2c(cc1O)OCO2. The minimum Gasteiger partial charge on any atom is -0.507 e. The van der Waals surface area contributed by atoms with Gasteiger partial charge in [0.2, 0.25) is 6.79 Å². The molecule has 0 fully saturated rings. The van der Waals surface area contributed by atoms with Gasteiger partial charge in [0, 0.05) is 37.8 Å². The molecule has 1 aliphatic rings. The van der Waals surface area contributed by atoms with Gasteiger partial charge in [-0.3, -0.25) is 4.90 Å². The maximum Gasteiger partial charge on any atom is 0.231 e. The van der Waals surface area contributed by atoms with E-state index in [9.17, 15) is 5.11 Å². The van der Waals surface area contributed by atoms with Crippen LogP contribution in [0.5, 0.6) is 17.2 Å². The van der Waals surface area contributed by atoms with Crippen molar-refractivity contribution in [2.75, 3.05) is 40.5 Å². The lowest BCUT2D eigenvalue weighted by Crippen LogP contribution is -2.34. The summed E-state index contributed by atoms with van der Waals surface area (Å²) in [6.07, 6.45) is 0. The van der Waals surface area contributed by atoms with Crippen molar-refractivity contribution in [2.45, 2.75) is 20.4 Å². The Morgan fingerprint density at radius 3 is 2.43 bits per heavy atom. The summed E-state index contributed by atoms with van der Waals surface area (Å²) in [5.74, 6) is 2.21. The van der Waals surface area contributed by atoms with Gasteiger partial charge >= 0.3 is 0 Å². The van der Waals surface area contributed by atoms with Crippen LogP contribution >= 0.6 is 0 Å². The summed E-state index contributed by atoms with van der Waals surface area (Å²) in [4.78, 5) is 4.54. The monoisotopic (exact) mass is 294 g/mol. The highest BCUT2D eigenvalue weighted by atomic mass is 16.7. The molecule has 0 bridgehead atoms. The molecule has 1 aliphatic heterocycles. The molecule has 118 valence electrons. The third-order valence-electron chi connectivity index (χ3n) is 3.45. The number of hydrogen-bond acceptors (Lipinski definition) is 5. The van der Waals surface area contributed by atoms with Crippen LogP contribution in [0.15, 0.2) is 12.1 Å². The Kier molecular flexibility index (Phi) is 5.31. The van der Waals surface area contributed by atoms with Crippen LogP contribution in [0, 0.1) is 5.92 Å². The first-order chi connectivity index (χ1) is 9.95. The Morgan fingerprint density at radius 1 is 1.14 bits per heavy atom. The van der Waals surface area contributed by atoms with Gasteiger partial charge in [0.25, 0.3) is 0 Å². The molecule has 0 aliphatic carbocycles. The molecule has 5 heteroatoms. The summed E-state index contributed by atoms with van der Waals surface area (Å²) >= 11 is 0. The molecule has 0 atom stereocenters. The van der Waals surface area contributed by atoms with Gasteiger partial charge in [-0.25, -0.2) is 0 Å². The first-order valence-corrected chi connectivity index (χ1v) is 7.44. The minimum absolute atomic E-state index is 0.231. The quantitative estimate of drug-likeness (QED) is 0.835. The van der Waals surface area contributed by atoms with E-state index in [1.54, 1.807) is 6.07 Å². The van der Waals surface area contributed by atoms with Crippen LogP contribution in [0.4, 0.5) is 0 Å². The second kappa shape index (κ2) is 7.00. The molecule has 1 aromatic rings. The largest absolute Gasteiger partial charge is 0.507 e. The van der Waals surface area contributed by atoms with Gasteiger partial charge < -0.3 is 19.5 Å². The van der Waals surface area contributed by atoms with E-state index >= 15 is 0 Å². The molecular formula is C16H26N2O3. The Labute approximate surface area is 127 Å². The molecule has 1 aromatic carbocycles. The van der Waals surface area contributed by atoms with E-state index < -0.39 is 0 Å². The molecule has 0 spiro atoms. The Hall–Kier alpha value is -1.46. The van der Waals surface area contributed by atoms with Gasteiger partial charge in [-0.2, -0.15) is 0 Å². The molecule has 0 amide bonds. The summed E-state index contributed by atoms with van der Waals surface area (Å²) in [6, 6.07) is 3.54. The van der Waals surface area contributed by atoms with Crippen LogP contribution in [0.1, 0.15) is 19.4 Å². The lowest BCUT2D eigenvalue weighted by atomic mass is 10.1. The van der Waals surface area contributed by atoms with E-state index in [1.807, 2.05) is 6.07 Å². The topological polar surface area (TPSA) is 45.2 Å². The molecule has 2 rings (SSSR count). The minimum atomic E-state index is 0.231. The van der Waals surface area contributed by atoms with E-state index in [1.165, 1.54) is 0 Å². The number of benzene rings is 1. The fourth-order valence-corrected chi connectivity index (χ4v) is 2.43. The highest BCUT2D eigenvalue weighted by molar-refractivity contribution is 5.51. The molecule has 0 aromatic heterocycles. The molecule has 0 unspecified atom stereocenters. The summed E-state index contributed by atoms with van der Waals surface area (Å²) < 4.78 is 10.7. The summed E-state index contributed by atoms with van der Waals surface area (Å²) in [5.41, 5.74) is 0.888. The fourth-order valence-electron chi connectivity index (χ4n) is 2.43. The van der Waals surface area contributed by atoms with Gasteiger partial charge in [-0.1, -0.05) is 13.8 Å². The van der Waals surface area contributed by atoms with Crippen molar-refractivity contribution < 1.29 is 14.6 Å². The third-order valence-corrected chi connectivity index (χ3v) is 3.45. The number of fused-ring (bicyclic) bond motifs is 1. The summed E-state index contributed by atoms with van der Waals surface area (Å²) in [5, 5.41) is 10.2. The van der Waals surface area contributed by atoms with Crippen molar-refractivity contribution in [3.05, 3.63) is 17.7 Å².